The summed E-state index contributed by atoms with van der Waals surface area (Å²) in [5.41, 5.74) is 2.57. The van der Waals surface area contributed by atoms with Crippen LogP contribution in [0.15, 0.2) is 59.6 Å². The minimum atomic E-state index is 0. The van der Waals surface area contributed by atoms with Crippen LogP contribution in [-0.2, 0) is 6.54 Å². The molecule has 5 nitrogen and oxygen atoms in total. The third-order valence-corrected chi connectivity index (χ3v) is 5.18. The molecule has 3 rings (SSSR count). The monoisotopic (exact) mass is 508 g/mol. The summed E-state index contributed by atoms with van der Waals surface area (Å²) in [4.78, 5) is 8.99. The van der Waals surface area contributed by atoms with Crippen LogP contribution < -0.4 is 10.1 Å². The Bertz CT molecular complexity index is 766. The lowest BCUT2D eigenvalue weighted by Gasteiger charge is -2.22. The van der Waals surface area contributed by atoms with Crippen LogP contribution in [0, 0.1) is 0 Å². The molecule has 29 heavy (non-hydrogen) atoms. The van der Waals surface area contributed by atoms with Crippen LogP contribution >= 0.6 is 24.0 Å². The summed E-state index contributed by atoms with van der Waals surface area (Å²) in [6.45, 7) is 4.32. The minimum Gasteiger partial charge on any atom is -0.492 e. The average Bonchev–Trinajstić information content (AvgIpc) is 3.20. The molecule has 1 aliphatic rings. The molecule has 1 saturated heterocycles. The fraction of sp³-hybridized carbons (Fsp3) is 0.435. The Labute approximate surface area is 192 Å². The van der Waals surface area contributed by atoms with Crippen molar-refractivity contribution in [2.45, 2.75) is 18.9 Å². The Morgan fingerprint density at radius 3 is 2.59 bits per heavy atom. The van der Waals surface area contributed by atoms with Gasteiger partial charge in [-0.1, -0.05) is 48.5 Å². The molecule has 6 heteroatoms. The van der Waals surface area contributed by atoms with E-state index in [1.165, 1.54) is 5.56 Å². The van der Waals surface area contributed by atoms with Crippen molar-refractivity contribution in [1.82, 2.24) is 15.1 Å². The molecule has 0 radical (unpaired) electrons. The van der Waals surface area contributed by atoms with Gasteiger partial charge in [0, 0.05) is 44.7 Å². The summed E-state index contributed by atoms with van der Waals surface area (Å²) in [6, 6.07) is 19.0. The number of hydrogen-bond donors (Lipinski definition) is 1. The molecule has 1 fully saturated rings. The van der Waals surface area contributed by atoms with Crippen molar-refractivity contribution in [3.8, 4) is 5.75 Å². The number of para-hydroxylation sites is 1. The predicted molar refractivity (Wildman–Crippen MR) is 131 cm³/mol. The van der Waals surface area contributed by atoms with E-state index in [-0.39, 0.29) is 24.0 Å². The summed E-state index contributed by atoms with van der Waals surface area (Å²) >= 11 is 0. The van der Waals surface area contributed by atoms with Gasteiger partial charge in [0.15, 0.2) is 5.96 Å². The molecule has 0 amide bonds. The Balaban J connectivity index is 0.00000300. The van der Waals surface area contributed by atoms with Crippen LogP contribution in [0.25, 0.3) is 0 Å². The van der Waals surface area contributed by atoms with Gasteiger partial charge in [-0.2, -0.15) is 0 Å². The molecule has 2 aromatic rings. The topological polar surface area (TPSA) is 40.1 Å². The molecule has 0 spiro atoms. The van der Waals surface area contributed by atoms with E-state index in [0.717, 1.165) is 43.3 Å². The highest BCUT2D eigenvalue weighted by atomic mass is 127. The van der Waals surface area contributed by atoms with Crippen LogP contribution in [0.4, 0.5) is 0 Å². The molecule has 1 unspecified atom stereocenters. The van der Waals surface area contributed by atoms with Crippen LogP contribution in [0.2, 0.25) is 0 Å². The molecule has 0 saturated carbocycles. The quantitative estimate of drug-likeness (QED) is 0.351. The summed E-state index contributed by atoms with van der Waals surface area (Å²) in [6.07, 6.45) is 1.16. The van der Waals surface area contributed by atoms with Crippen molar-refractivity contribution < 1.29 is 4.74 Å². The van der Waals surface area contributed by atoms with Gasteiger partial charge >= 0.3 is 0 Å². The number of guanidine groups is 1. The molecule has 1 N–H and O–H groups in total. The Morgan fingerprint density at radius 1 is 1.14 bits per heavy atom. The van der Waals surface area contributed by atoms with E-state index in [9.17, 15) is 0 Å². The normalized spacial score (nSPS) is 16.6. The molecule has 158 valence electrons. The molecule has 0 aromatic heterocycles. The van der Waals surface area contributed by atoms with Crippen LogP contribution in [0.3, 0.4) is 0 Å². The number of rotatable bonds is 7. The van der Waals surface area contributed by atoms with E-state index < -0.39 is 0 Å². The van der Waals surface area contributed by atoms with Crippen LogP contribution in [-0.4, -0.2) is 63.1 Å². The number of hydrogen-bond acceptors (Lipinski definition) is 3. The Hall–Kier alpha value is -1.80. The van der Waals surface area contributed by atoms with Crippen LogP contribution in [0.1, 0.15) is 23.5 Å². The highest BCUT2D eigenvalue weighted by Crippen LogP contribution is 2.27. The van der Waals surface area contributed by atoms with E-state index >= 15 is 0 Å². The summed E-state index contributed by atoms with van der Waals surface area (Å²) in [5.74, 6) is 2.47. The van der Waals surface area contributed by atoms with Gasteiger partial charge < -0.3 is 19.9 Å². The zero-order valence-electron chi connectivity index (χ0n) is 17.7. The van der Waals surface area contributed by atoms with Crippen molar-refractivity contribution in [3.05, 3.63) is 65.7 Å². The average molecular weight is 508 g/mol. The second-order valence-corrected chi connectivity index (χ2v) is 7.50. The largest absolute Gasteiger partial charge is 0.492 e. The number of ether oxygens (including phenoxy) is 1. The van der Waals surface area contributed by atoms with Gasteiger partial charge in [0.05, 0.1) is 0 Å². The van der Waals surface area contributed by atoms with Gasteiger partial charge in [-0.05, 0) is 32.1 Å². The third kappa shape index (κ3) is 6.89. The van der Waals surface area contributed by atoms with Gasteiger partial charge in [-0.15, -0.1) is 24.0 Å². The molecule has 0 aliphatic carbocycles. The molecule has 1 atom stereocenters. The first-order chi connectivity index (χ1) is 13.7. The first-order valence-electron chi connectivity index (χ1n) is 10.0. The number of likely N-dealkylation sites (N-methyl/N-ethyl adjacent to an activating group) is 1. The van der Waals surface area contributed by atoms with E-state index in [4.69, 9.17) is 4.74 Å². The van der Waals surface area contributed by atoms with Crippen molar-refractivity contribution >= 4 is 29.9 Å². The maximum absolute atomic E-state index is 5.98. The fourth-order valence-corrected chi connectivity index (χ4v) is 3.59. The second kappa shape index (κ2) is 12.0. The number of nitrogens with zero attached hydrogens (tertiary/aromatic N) is 3. The van der Waals surface area contributed by atoms with Crippen LogP contribution in [0.5, 0.6) is 5.75 Å². The molecular formula is C23H33IN4O. The zero-order valence-corrected chi connectivity index (χ0v) is 20.0. The van der Waals surface area contributed by atoms with Gasteiger partial charge in [0.25, 0.3) is 0 Å². The summed E-state index contributed by atoms with van der Waals surface area (Å²) in [5, 5.41) is 3.52. The highest BCUT2D eigenvalue weighted by molar-refractivity contribution is 14.0. The Kier molecular flexibility index (Phi) is 9.73. The van der Waals surface area contributed by atoms with Crippen molar-refractivity contribution in [2.75, 3.05) is 47.4 Å². The smallest absolute Gasteiger partial charge is 0.193 e. The SMILES string of the molecule is CN=C(NCc1ccccc1OCCN(C)C)N1CCC(c2ccccc2)C1.I. The maximum Gasteiger partial charge on any atom is 0.193 e. The number of halogens is 1. The molecule has 1 aliphatic heterocycles. The minimum absolute atomic E-state index is 0. The lowest BCUT2D eigenvalue weighted by atomic mass is 9.99. The first-order valence-corrected chi connectivity index (χ1v) is 10.0. The predicted octanol–water partition coefficient (Wildman–Crippen LogP) is 3.81. The van der Waals surface area contributed by atoms with Gasteiger partial charge in [-0.3, -0.25) is 4.99 Å². The fourth-order valence-electron chi connectivity index (χ4n) is 3.59. The zero-order chi connectivity index (χ0) is 19.8. The van der Waals surface area contributed by atoms with Crippen molar-refractivity contribution in [3.63, 3.8) is 0 Å². The third-order valence-electron chi connectivity index (χ3n) is 5.18. The summed E-state index contributed by atoms with van der Waals surface area (Å²) in [7, 11) is 5.97. The number of aliphatic imine (C=N–C) groups is 1. The summed E-state index contributed by atoms with van der Waals surface area (Å²) < 4.78 is 5.98. The second-order valence-electron chi connectivity index (χ2n) is 7.50. The molecule has 2 aromatic carbocycles. The van der Waals surface area contributed by atoms with E-state index in [1.807, 2.05) is 19.2 Å². The number of likely N-dealkylation sites (tertiary alicyclic amines) is 1. The maximum atomic E-state index is 5.98. The molecular weight excluding hydrogens is 475 g/mol. The van der Waals surface area contributed by atoms with E-state index in [1.54, 1.807) is 0 Å². The standard InChI is InChI=1S/C23H32N4O.HI/c1-24-23(27-14-13-21(18-27)19-9-5-4-6-10-19)25-17-20-11-7-8-12-22(20)28-16-15-26(2)3;/h4-12,21H,13-18H2,1-3H3,(H,24,25);1H. The van der Waals surface area contributed by atoms with E-state index in [0.29, 0.717) is 19.1 Å². The van der Waals surface area contributed by atoms with E-state index in [2.05, 4.69) is 76.7 Å². The number of nitrogens with one attached hydrogen (secondary N) is 1. The van der Waals surface area contributed by atoms with Crippen molar-refractivity contribution in [2.24, 2.45) is 4.99 Å². The van der Waals surface area contributed by atoms with Gasteiger partial charge in [0.2, 0.25) is 0 Å². The lowest BCUT2D eigenvalue weighted by molar-refractivity contribution is 0.259. The van der Waals surface area contributed by atoms with Gasteiger partial charge in [-0.25, -0.2) is 0 Å². The number of benzene rings is 2. The first kappa shape index (κ1) is 23.5. The highest BCUT2D eigenvalue weighted by Gasteiger charge is 2.25. The Morgan fingerprint density at radius 2 is 1.86 bits per heavy atom. The molecule has 1 heterocycles. The van der Waals surface area contributed by atoms with Gasteiger partial charge in [0.1, 0.15) is 12.4 Å². The lowest BCUT2D eigenvalue weighted by Crippen LogP contribution is -2.39. The molecule has 0 bridgehead atoms. The van der Waals surface area contributed by atoms with Crippen molar-refractivity contribution in [1.29, 1.82) is 0 Å².